The maximum atomic E-state index is 5.15. The Morgan fingerprint density at radius 2 is 0.862 bits per heavy atom. The maximum absolute atomic E-state index is 5.15. The van der Waals surface area contributed by atoms with Gasteiger partial charge in [-0.1, -0.05) is 149 Å². The minimum atomic E-state index is -0.0421. The van der Waals surface area contributed by atoms with E-state index in [-0.39, 0.29) is 10.8 Å². The van der Waals surface area contributed by atoms with Crippen molar-refractivity contribution in [3.63, 3.8) is 0 Å². The molecule has 58 heavy (non-hydrogen) atoms. The van der Waals surface area contributed by atoms with E-state index in [0.717, 1.165) is 50.3 Å². The molecule has 0 atom stereocenters. The second-order valence-electron chi connectivity index (χ2n) is 17.4. The van der Waals surface area contributed by atoms with Crippen molar-refractivity contribution in [2.75, 3.05) is 0 Å². The summed E-state index contributed by atoms with van der Waals surface area (Å²) in [6.45, 7) is 17.6. The van der Waals surface area contributed by atoms with Crippen LogP contribution in [0, 0.1) is 20.8 Å². The zero-order valence-electron chi connectivity index (χ0n) is 34.6. The molecule has 0 aliphatic heterocycles. The number of fused-ring (bicyclic) bond motifs is 3. The number of benzene rings is 6. The first kappa shape index (κ1) is 37.1. The molecule has 2 aromatic heterocycles. The Balaban J connectivity index is 1.08. The molecule has 2 heterocycles. The molecule has 0 fully saturated rings. The SMILES string of the molecule is Cc1ccc2c(c1)-c1ccc(-c3ccc(-c4cccc(-c5nc(-c6cccc(-c7cc(C)nc(C)c7)c6)nc(-c6cccc(C(C)(C)C)c6)n5)c4)cc3)cc1C2(C)C. The number of aryl methyl sites for hydroxylation is 3. The number of rotatable bonds is 6. The molecule has 0 radical (unpaired) electrons. The first-order chi connectivity index (χ1) is 27.8. The molecule has 0 saturated carbocycles. The molecule has 1 aliphatic carbocycles. The van der Waals surface area contributed by atoms with Crippen LogP contribution in [-0.2, 0) is 10.8 Å². The van der Waals surface area contributed by atoms with Gasteiger partial charge in [0.25, 0.3) is 0 Å². The van der Waals surface area contributed by atoms with Crippen LogP contribution >= 0.6 is 0 Å². The summed E-state index contributed by atoms with van der Waals surface area (Å²) in [7, 11) is 0. The standard InChI is InChI=1S/C54H48N4/c1-33-18-25-48-47(26-33)46-24-23-40(32-49(46)54(48,7)8)37-21-19-36(20-22-37)38-12-9-14-41(29-38)50-56-51(58-52(57-50)43-16-11-17-45(31-43)53(4,5)6)42-15-10-13-39(30-42)44-27-34(2)55-35(3)28-44/h9-32H,1-8H3. The zero-order chi connectivity index (χ0) is 40.3. The lowest BCUT2D eigenvalue weighted by Gasteiger charge is -2.22. The molecule has 0 unspecified atom stereocenters. The minimum absolute atomic E-state index is 0.0180. The van der Waals surface area contributed by atoms with E-state index in [1.54, 1.807) is 0 Å². The monoisotopic (exact) mass is 752 g/mol. The molecule has 9 rings (SSSR count). The summed E-state index contributed by atoms with van der Waals surface area (Å²) >= 11 is 0. The van der Waals surface area contributed by atoms with E-state index >= 15 is 0 Å². The van der Waals surface area contributed by atoms with Gasteiger partial charge in [-0.2, -0.15) is 0 Å². The van der Waals surface area contributed by atoms with Gasteiger partial charge in [-0.05, 0) is 124 Å². The van der Waals surface area contributed by atoms with Crippen LogP contribution in [0.3, 0.4) is 0 Å². The van der Waals surface area contributed by atoms with Crippen molar-refractivity contribution in [2.45, 2.75) is 66.2 Å². The molecule has 0 amide bonds. The predicted molar refractivity (Wildman–Crippen MR) is 241 cm³/mol. The molecule has 0 saturated heterocycles. The highest BCUT2D eigenvalue weighted by atomic mass is 15.0. The van der Waals surface area contributed by atoms with E-state index in [1.807, 2.05) is 13.8 Å². The van der Waals surface area contributed by atoms with E-state index in [2.05, 4.69) is 192 Å². The summed E-state index contributed by atoms with van der Waals surface area (Å²) in [4.78, 5) is 20.0. The molecular formula is C54H48N4. The minimum Gasteiger partial charge on any atom is -0.258 e. The van der Waals surface area contributed by atoms with Crippen LogP contribution in [0.1, 0.15) is 68.3 Å². The Labute approximate surface area is 342 Å². The van der Waals surface area contributed by atoms with Gasteiger partial charge in [0.1, 0.15) is 0 Å². The fourth-order valence-electron chi connectivity index (χ4n) is 8.47. The molecule has 4 heteroatoms. The van der Waals surface area contributed by atoms with Crippen molar-refractivity contribution in [3.8, 4) is 78.7 Å². The lowest BCUT2D eigenvalue weighted by molar-refractivity contribution is 0.590. The average Bonchev–Trinajstić information content (AvgIpc) is 3.44. The highest BCUT2D eigenvalue weighted by Gasteiger charge is 2.35. The third kappa shape index (κ3) is 6.94. The van der Waals surface area contributed by atoms with E-state index in [4.69, 9.17) is 15.0 Å². The van der Waals surface area contributed by atoms with Gasteiger partial charge in [-0.15, -0.1) is 0 Å². The first-order valence-electron chi connectivity index (χ1n) is 20.2. The summed E-state index contributed by atoms with van der Waals surface area (Å²) in [5.74, 6) is 1.92. The predicted octanol–water partition coefficient (Wildman–Crippen LogP) is 13.8. The van der Waals surface area contributed by atoms with Crippen LogP contribution in [0.15, 0.2) is 146 Å². The fraction of sp³-hybridized carbons (Fsp3) is 0.185. The van der Waals surface area contributed by atoms with Crippen LogP contribution in [0.4, 0.5) is 0 Å². The number of nitrogens with zero attached hydrogens (tertiary/aromatic N) is 4. The van der Waals surface area contributed by atoms with Gasteiger partial charge in [0.05, 0.1) is 0 Å². The topological polar surface area (TPSA) is 51.6 Å². The van der Waals surface area contributed by atoms with E-state index < -0.39 is 0 Å². The van der Waals surface area contributed by atoms with Gasteiger partial charge in [0, 0.05) is 33.5 Å². The molecule has 6 aromatic carbocycles. The Bertz CT molecular complexity index is 2860. The van der Waals surface area contributed by atoms with Crippen LogP contribution in [0.5, 0.6) is 0 Å². The lowest BCUT2D eigenvalue weighted by Crippen LogP contribution is -2.15. The third-order valence-electron chi connectivity index (χ3n) is 11.7. The smallest absolute Gasteiger partial charge is 0.164 e. The van der Waals surface area contributed by atoms with Crippen LogP contribution in [-0.4, -0.2) is 19.9 Å². The summed E-state index contributed by atoms with van der Waals surface area (Å²) in [6.07, 6.45) is 0. The first-order valence-corrected chi connectivity index (χ1v) is 20.2. The molecule has 1 aliphatic rings. The van der Waals surface area contributed by atoms with Crippen molar-refractivity contribution >= 4 is 0 Å². The second-order valence-corrected chi connectivity index (χ2v) is 17.4. The van der Waals surface area contributed by atoms with Gasteiger partial charge in [-0.3, -0.25) is 4.98 Å². The number of pyridine rings is 1. The summed E-state index contributed by atoms with van der Waals surface area (Å²) in [5, 5.41) is 0. The highest BCUT2D eigenvalue weighted by molar-refractivity contribution is 5.84. The normalized spacial score (nSPS) is 13.0. The highest BCUT2D eigenvalue weighted by Crippen LogP contribution is 2.50. The van der Waals surface area contributed by atoms with Gasteiger partial charge in [0.2, 0.25) is 0 Å². The van der Waals surface area contributed by atoms with E-state index in [0.29, 0.717) is 17.5 Å². The number of hydrogen-bond acceptors (Lipinski definition) is 4. The van der Waals surface area contributed by atoms with Crippen molar-refractivity contribution < 1.29 is 0 Å². The van der Waals surface area contributed by atoms with Crippen molar-refractivity contribution in [3.05, 3.63) is 179 Å². The molecule has 0 bridgehead atoms. The zero-order valence-corrected chi connectivity index (χ0v) is 34.6. The quantitative estimate of drug-likeness (QED) is 0.170. The van der Waals surface area contributed by atoms with Crippen LogP contribution < -0.4 is 0 Å². The Kier molecular flexibility index (Phi) is 9.04. The van der Waals surface area contributed by atoms with Crippen molar-refractivity contribution in [1.82, 2.24) is 19.9 Å². The van der Waals surface area contributed by atoms with Crippen molar-refractivity contribution in [1.29, 1.82) is 0 Å². The van der Waals surface area contributed by atoms with E-state index in [1.165, 1.54) is 44.5 Å². The average molecular weight is 753 g/mol. The van der Waals surface area contributed by atoms with Crippen LogP contribution in [0.25, 0.3) is 78.7 Å². The summed E-state index contributed by atoms with van der Waals surface area (Å²) < 4.78 is 0. The second kappa shape index (κ2) is 14.1. The fourth-order valence-corrected chi connectivity index (χ4v) is 8.47. The molecule has 0 N–H and O–H groups in total. The van der Waals surface area contributed by atoms with E-state index in [9.17, 15) is 0 Å². The molecular weight excluding hydrogens is 705 g/mol. The van der Waals surface area contributed by atoms with Crippen LogP contribution in [0.2, 0.25) is 0 Å². The largest absolute Gasteiger partial charge is 0.258 e. The lowest BCUT2D eigenvalue weighted by atomic mass is 9.81. The Morgan fingerprint density at radius 3 is 1.43 bits per heavy atom. The van der Waals surface area contributed by atoms with Gasteiger partial charge >= 0.3 is 0 Å². The Hall–Kier alpha value is -6.52. The Morgan fingerprint density at radius 1 is 0.379 bits per heavy atom. The summed E-state index contributed by atoms with van der Waals surface area (Å²) in [6, 6.07) is 52.6. The number of hydrogen-bond donors (Lipinski definition) is 0. The maximum Gasteiger partial charge on any atom is 0.164 e. The molecule has 0 spiro atoms. The third-order valence-corrected chi connectivity index (χ3v) is 11.7. The summed E-state index contributed by atoms with van der Waals surface area (Å²) in [5.41, 5.74) is 19.7. The van der Waals surface area contributed by atoms with Gasteiger partial charge in [-0.25, -0.2) is 15.0 Å². The molecule has 4 nitrogen and oxygen atoms in total. The van der Waals surface area contributed by atoms with Gasteiger partial charge < -0.3 is 0 Å². The molecule has 284 valence electrons. The molecule has 8 aromatic rings. The van der Waals surface area contributed by atoms with Crippen molar-refractivity contribution in [2.24, 2.45) is 0 Å². The van der Waals surface area contributed by atoms with Gasteiger partial charge in [0.15, 0.2) is 17.5 Å². The number of aromatic nitrogens is 4.